The molecule has 20 heavy (non-hydrogen) atoms. The first-order valence-electron chi connectivity index (χ1n) is 6.11. The molecular formula is C13H15N3O4. The largest absolute Gasteiger partial charge is 0.387 e. The average Bonchev–Trinajstić information content (AvgIpc) is 2.84. The molecule has 7 nitrogen and oxygen atoms in total. The van der Waals surface area contributed by atoms with E-state index in [1.54, 1.807) is 12.1 Å². The van der Waals surface area contributed by atoms with Crippen molar-refractivity contribution in [2.24, 2.45) is 0 Å². The molecule has 7 heteroatoms. The highest BCUT2D eigenvalue weighted by atomic mass is 16.6. The Balaban J connectivity index is 1.85. The number of aliphatic hydroxyl groups is 1. The smallest absolute Gasteiger partial charge is 0.269 e. The lowest BCUT2D eigenvalue weighted by Crippen LogP contribution is -2.21. The van der Waals surface area contributed by atoms with E-state index in [2.05, 4.69) is 10.5 Å². The van der Waals surface area contributed by atoms with Crippen molar-refractivity contribution >= 4 is 5.69 Å². The summed E-state index contributed by atoms with van der Waals surface area (Å²) in [4.78, 5) is 10.1. The zero-order chi connectivity index (χ0) is 14.5. The molecule has 2 rings (SSSR count). The molecule has 1 unspecified atom stereocenters. The predicted molar refractivity (Wildman–Crippen MR) is 71.0 cm³/mol. The van der Waals surface area contributed by atoms with Gasteiger partial charge in [0.25, 0.3) is 5.69 Å². The second-order valence-electron chi connectivity index (χ2n) is 4.42. The molecule has 0 aliphatic heterocycles. The van der Waals surface area contributed by atoms with Crippen molar-refractivity contribution in [2.75, 3.05) is 6.54 Å². The number of rotatable bonds is 6. The third kappa shape index (κ3) is 3.62. The molecule has 0 aliphatic carbocycles. The van der Waals surface area contributed by atoms with Crippen LogP contribution >= 0.6 is 0 Å². The maximum absolute atomic E-state index is 10.5. The first kappa shape index (κ1) is 14.2. The summed E-state index contributed by atoms with van der Waals surface area (Å²) in [5.74, 6) is 0.734. The van der Waals surface area contributed by atoms with Gasteiger partial charge in [-0.25, -0.2) is 0 Å². The van der Waals surface area contributed by atoms with Gasteiger partial charge in [0.05, 0.1) is 16.7 Å². The number of aryl methyl sites for hydroxylation is 1. The Hall–Kier alpha value is -2.25. The third-order valence-electron chi connectivity index (χ3n) is 2.81. The fourth-order valence-electron chi connectivity index (χ4n) is 1.77. The number of nitro groups is 1. The summed E-state index contributed by atoms with van der Waals surface area (Å²) in [5.41, 5.74) is 1.39. The van der Waals surface area contributed by atoms with Crippen LogP contribution in [0.4, 0.5) is 5.69 Å². The van der Waals surface area contributed by atoms with E-state index in [4.69, 9.17) is 4.52 Å². The van der Waals surface area contributed by atoms with Crippen LogP contribution < -0.4 is 5.32 Å². The molecule has 0 aliphatic rings. The zero-order valence-corrected chi connectivity index (χ0v) is 10.9. The van der Waals surface area contributed by atoms with Crippen LogP contribution in [0.2, 0.25) is 0 Å². The lowest BCUT2D eigenvalue weighted by Gasteiger charge is -2.11. The number of aromatic nitrogens is 1. The number of aliphatic hydroxyl groups excluding tert-OH is 1. The van der Waals surface area contributed by atoms with Crippen LogP contribution in [0, 0.1) is 17.0 Å². The summed E-state index contributed by atoms with van der Waals surface area (Å²) in [6, 6.07) is 7.65. The summed E-state index contributed by atoms with van der Waals surface area (Å²) in [6.07, 6.45) is -0.733. The van der Waals surface area contributed by atoms with E-state index < -0.39 is 11.0 Å². The molecule has 0 saturated heterocycles. The van der Waals surface area contributed by atoms with Gasteiger partial charge in [0, 0.05) is 31.3 Å². The van der Waals surface area contributed by atoms with Gasteiger partial charge < -0.3 is 14.9 Å². The maximum Gasteiger partial charge on any atom is 0.269 e. The van der Waals surface area contributed by atoms with Crippen LogP contribution in [0.25, 0.3) is 0 Å². The van der Waals surface area contributed by atoms with Crippen LogP contribution in [-0.2, 0) is 6.54 Å². The summed E-state index contributed by atoms with van der Waals surface area (Å²) in [5, 5.41) is 27.4. The molecule has 2 N–H and O–H groups in total. The summed E-state index contributed by atoms with van der Waals surface area (Å²) >= 11 is 0. The highest BCUT2D eigenvalue weighted by Gasteiger charge is 2.10. The average molecular weight is 277 g/mol. The lowest BCUT2D eigenvalue weighted by molar-refractivity contribution is -0.384. The second-order valence-corrected chi connectivity index (χ2v) is 4.42. The van der Waals surface area contributed by atoms with Gasteiger partial charge in [-0.3, -0.25) is 10.1 Å². The molecule has 0 amide bonds. The minimum absolute atomic E-state index is 0.00646. The maximum atomic E-state index is 10.5. The summed E-state index contributed by atoms with van der Waals surface area (Å²) in [7, 11) is 0. The van der Waals surface area contributed by atoms with Crippen LogP contribution in [0.5, 0.6) is 0 Å². The number of nitrogens with zero attached hydrogens (tertiary/aromatic N) is 2. The highest BCUT2D eigenvalue weighted by molar-refractivity contribution is 5.33. The van der Waals surface area contributed by atoms with E-state index >= 15 is 0 Å². The lowest BCUT2D eigenvalue weighted by atomic mass is 10.1. The molecule has 0 radical (unpaired) electrons. The van der Waals surface area contributed by atoms with E-state index in [1.807, 2.05) is 13.0 Å². The topological polar surface area (TPSA) is 101 Å². The van der Waals surface area contributed by atoms with Crippen LogP contribution in [-0.4, -0.2) is 21.7 Å². The van der Waals surface area contributed by atoms with E-state index in [1.165, 1.54) is 12.1 Å². The highest BCUT2D eigenvalue weighted by Crippen LogP contribution is 2.17. The summed E-state index contributed by atoms with van der Waals surface area (Å²) < 4.78 is 4.93. The van der Waals surface area contributed by atoms with Gasteiger partial charge >= 0.3 is 0 Å². The molecule has 0 fully saturated rings. The third-order valence-corrected chi connectivity index (χ3v) is 2.81. The number of hydrogen-bond donors (Lipinski definition) is 2. The standard InChI is InChI=1S/C13H15N3O4/c1-9-6-11(15-20-9)7-14-8-13(17)10-2-4-12(5-3-10)16(18)19/h2-6,13-14,17H,7-8H2,1H3. The Morgan fingerprint density at radius 3 is 2.70 bits per heavy atom. The van der Waals surface area contributed by atoms with Crippen LogP contribution in [0.15, 0.2) is 34.9 Å². The van der Waals surface area contributed by atoms with Crippen LogP contribution in [0.1, 0.15) is 23.1 Å². The summed E-state index contributed by atoms with van der Waals surface area (Å²) in [6.45, 7) is 2.62. The quantitative estimate of drug-likeness (QED) is 0.615. The van der Waals surface area contributed by atoms with E-state index in [0.717, 1.165) is 11.5 Å². The van der Waals surface area contributed by atoms with Gasteiger partial charge in [0.1, 0.15) is 5.76 Å². The fraction of sp³-hybridized carbons (Fsp3) is 0.308. The molecule has 0 spiro atoms. The Kier molecular flexibility index (Phi) is 4.44. The van der Waals surface area contributed by atoms with Crippen LogP contribution in [0.3, 0.4) is 0 Å². The van der Waals surface area contributed by atoms with Gasteiger partial charge in [-0.05, 0) is 24.6 Å². The second kappa shape index (κ2) is 6.27. The predicted octanol–water partition coefficient (Wildman–Crippen LogP) is 1.71. The SMILES string of the molecule is Cc1cc(CNCC(O)c2ccc([N+](=O)[O-])cc2)no1. The molecule has 1 aromatic carbocycles. The molecule has 1 heterocycles. The minimum atomic E-state index is -0.733. The number of hydrogen-bond acceptors (Lipinski definition) is 6. The first-order valence-corrected chi connectivity index (χ1v) is 6.11. The Labute approximate surface area is 115 Å². The Morgan fingerprint density at radius 2 is 2.15 bits per heavy atom. The minimum Gasteiger partial charge on any atom is -0.387 e. The molecule has 0 saturated carbocycles. The van der Waals surface area contributed by atoms with Crippen molar-refractivity contribution in [2.45, 2.75) is 19.6 Å². The molecule has 1 atom stereocenters. The van der Waals surface area contributed by atoms with Gasteiger partial charge in [-0.2, -0.15) is 0 Å². The number of benzene rings is 1. The van der Waals surface area contributed by atoms with Crippen molar-refractivity contribution < 1.29 is 14.6 Å². The molecule has 0 bridgehead atoms. The van der Waals surface area contributed by atoms with E-state index in [9.17, 15) is 15.2 Å². The monoisotopic (exact) mass is 277 g/mol. The van der Waals surface area contributed by atoms with Crippen molar-refractivity contribution in [3.63, 3.8) is 0 Å². The number of nitrogens with one attached hydrogen (secondary N) is 1. The zero-order valence-electron chi connectivity index (χ0n) is 10.9. The van der Waals surface area contributed by atoms with Crippen molar-refractivity contribution in [3.8, 4) is 0 Å². The normalized spacial score (nSPS) is 12.3. The van der Waals surface area contributed by atoms with Gasteiger partial charge in [0.2, 0.25) is 0 Å². The van der Waals surface area contributed by atoms with E-state index in [0.29, 0.717) is 18.7 Å². The van der Waals surface area contributed by atoms with Crippen molar-refractivity contribution in [1.82, 2.24) is 10.5 Å². The van der Waals surface area contributed by atoms with Gasteiger partial charge in [0.15, 0.2) is 0 Å². The molecular weight excluding hydrogens is 262 g/mol. The molecule has 106 valence electrons. The van der Waals surface area contributed by atoms with Crippen molar-refractivity contribution in [1.29, 1.82) is 0 Å². The van der Waals surface area contributed by atoms with E-state index in [-0.39, 0.29) is 5.69 Å². The Bertz CT molecular complexity index is 580. The molecule has 2 aromatic rings. The number of nitro benzene ring substituents is 1. The first-order chi connectivity index (χ1) is 9.56. The molecule has 1 aromatic heterocycles. The van der Waals surface area contributed by atoms with Gasteiger partial charge in [-0.1, -0.05) is 5.16 Å². The number of non-ortho nitro benzene ring substituents is 1. The Morgan fingerprint density at radius 1 is 1.45 bits per heavy atom. The van der Waals surface area contributed by atoms with Gasteiger partial charge in [-0.15, -0.1) is 0 Å². The van der Waals surface area contributed by atoms with Crippen molar-refractivity contribution in [3.05, 3.63) is 57.5 Å². The fourth-order valence-corrected chi connectivity index (χ4v) is 1.77.